The molecule has 266 valence electrons. The highest BCUT2D eigenvalue weighted by Gasteiger charge is 2.20. The number of hydrogen-bond donors (Lipinski definition) is 0. The minimum absolute atomic E-state index is 0.649. The lowest BCUT2D eigenvalue weighted by Crippen LogP contribution is -2.00. The Morgan fingerprint density at radius 1 is 0.404 bits per heavy atom. The molecule has 0 fully saturated rings. The summed E-state index contributed by atoms with van der Waals surface area (Å²) in [6, 6.07) is 63.8. The molecule has 0 radical (unpaired) electrons. The Hall–Kier alpha value is -7.41. The van der Waals surface area contributed by atoms with Crippen molar-refractivity contribution in [3.63, 3.8) is 0 Å². The van der Waals surface area contributed by atoms with Crippen LogP contribution in [0.3, 0.4) is 0 Å². The Bertz CT molecular complexity index is 3420. The Balaban J connectivity index is 1.02. The van der Waals surface area contributed by atoms with Crippen molar-refractivity contribution in [2.75, 3.05) is 0 Å². The molecule has 0 unspecified atom stereocenters. The lowest BCUT2D eigenvalue weighted by atomic mass is 10.00. The van der Waals surface area contributed by atoms with E-state index < -0.39 is 0 Å². The van der Waals surface area contributed by atoms with Gasteiger partial charge in [-0.15, -0.1) is 11.3 Å². The summed E-state index contributed by atoms with van der Waals surface area (Å²) in [6.45, 7) is 0. The molecule has 4 heterocycles. The summed E-state index contributed by atoms with van der Waals surface area (Å²) in [6.07, 6.45) is 0. The van der Waals surface area contributed by atoms with Gasteiger partial charge in [-0.2, -0.15) is 0 Å². The van der Waals surface area contributed by atoms with E-state index in [4.69, 9.17) is 19.4 Å². The van der Waals surface area contributed by atoms with Gasteiger partial charge >= 0.3 is 0 Å². The molecule has 12 aromatic rings. The van der Waals surface area contributed by atoms with E-state index in [1.807, 2.05) is 72.0 Å². The maximum atomic E-state index is 6.54. The van der Waals surface area contributed by atoms with Gasteiger partial charge in [0.2, 0.25) is 0 Å². The van der Waals surface area contributed by atoms with E-state index in [0.29, 0.717) is 17.5 Å². The minimum atomic E-state index is 0.649. The van der Waals surface area contributed by atoms with Gasteiger partial charge in [0.1, 0.15) is 11.2 Å². The van der Waals surface area contributed by atoms with Crippen molar-refractivity contribution in [2.45, 2.75) is 0 Å². The zero-order valence-electron chi connectivity index (χ0n) is 30.4. The molecule has 5 nitrogen and oxygen atoms in total. The number of fused-ring (bicyclic) bond motifs is 9. The summed E-state index contributed by atoms with van der Waals surface area (Å²) >= 11 is 1.82. The smallest absolute Gasteiger partial charge is 0.164 e. The first-order chi connectivity index (χ1) is 28.2. The molecule has 57 heavy (non-hydrogen) atoms. The maximum absolute atomic E-state index is 6.54. The van der Waals surface area contributed by atoms with Crippen LogP contribution in [-0.2, 0) is 0 Å². The van der Waals surface area contributed by atoms with Gasteiger partial charge < -0.3 is 8.98 Å². The number of thiophene rings is 1. The van der Waals surface area contributed by atoms with Gasteiger partial charge in [0.15, 0.2) is 17.5 Å². The number of para-hydroxylation sites is 2. The third-order valence-corrected chi connectivity index (χ3v) is 12.3. The van der Waals surface area contributed by atoms with Gasteiger partial charge in [-0.1, -0.05) is 127 Å². The molecule has 0 atom stereocenters. The SMILES string of the molecule is c1ccc(-c2nc(-c3ccccc3)nc(-c3ccc4sc5c(-c6ccc7oc8cccc(-n9c%10ccccc%10c%10ccccc%109)c8c7c6)cccc5c4c3)n2)cc1. The van der Waals surface area contributed by atoms with Crippen LogP contribution in [0.1, 0.15) is 0 Å². The number of nitrogens with zero attached hydrogens (tertiary/aromatic N) is 4. The topological polar surface area (TPSA) is 56.7 Å². The summed E-state index contributed by atoms with van der Waals surface area (Å²) in [5, 5.41) is 7.07. The van der Waals surface area contributed by atoms with Gasteiger partial charge in [0.25, 0.3) is 0 Å². The molecule has 0 amide bonds. The van der Waals surface area contributed by atoms with E-state index in [9.17, 15) is 0 Å². The molecule has 0 aliphatic heterocycles. The first-order valence-corrected chi connectivity index (χ1v) is 19.8. The Labute approximate surface area is 330 Å². The van der Waals surface area contributed by atoms with Crippen LogP contribution in [0, 0.1) is 0 Å². The van der Waals surface area contributed by atoms with Crippen molar-refractivity contribution in [3.05, 3.63) is 182 Å². The number of furan rings is 1. The van der Waals surface area contributed by atoms with Crippen molar-refractivity contribution in [2.24, 2.45) is 0 Å². The van der Waals surface area contributed by atoms with Crippen LogP contribution >= 0.6 is 11.3 Å². The van der Waals surface area contributed by atoms with E-state index in [1.165, 1.54) is 47.5 Å². The van der Waals surface area contributed by atoms with Crippen LogP contribution in [0.15, 0.2) is 186 Å². The Morgan fingerprint density at radius 2 is 0.982 bits per heavy atom. The van der Waals surface area contributed by atoms with Gasteiger partial charge in [0.05, 0.1) is 22.1 Å². The normalized spacial score (nSPS) is 11.9. The first-order valence-electron chi connectivity index (χ1n) is 19.0. The van der Waals surface area contributed by atoms with Crippen LogP contribution in [0.2, 0.25) is 0 Å². The second kappa shape index (κ2) is 12.6. The number of benzene rings is 8. The molecule has 0 aliphatic rings. The molecule has 0 N–H and O–H groups in total. The van der Waals surface area contributed by atoms with Gasteiger partial charge in [-0.3, -0.25) is 0 Å². The Morgan fingerprint density at radius 3 is 1.68 bits per heavy atom. The molecule has 0 spiro atoms. The number of rotatable bonds is 5. The van der Waals surface area contributed by atoms with Crippen LogP contribution < -0.4 is 0 Å². The van der Waals surface area contributed by atoms with Gasteiger partial charge in [-0.25, -0.2) is 15.0 Å². The van der Waals surface area contributed by atoms with Gasteiger partial charge in [0, 0.05) is 53.0 Å². The molecule has 6 heteroatoms. The summed E-state index contributed by atoms with van der Waals surface area (Å²) in [5.74, 6) is 1.96. The van der Waals surface area contributed by atoms with Crippen LogP contribution in [0.5, 0.6) is 0 Å². The lowest BCUT2D eigenvalue weighted by Gasteiger charge is -2.10. The predicted octanol–water partition coefficient (Wildman–Crippen LogP) is 13.9. The third-order valence-electron chi connectivity index (χ3n) is 11.1. The monoisotopic (exact) mass is 746 g/mol. The van der Waals surface area contributed by atoms with E-state index >= 15 is 0 Å². The average molecular weight is 747 g/mol. The Kier molecular flexibility index (Phi) is 7.03. The second-order valence-electron chi connectivity index (χ2n) is 14.4. The minimum Gasteiger partial charge on any atom is -0.456 e. The largest absolute Gasteiger partial charge is 0.456 e. The highest BCUT2D eigenvalue weighted by molar-refractivity contribution is 7.26. The van der Waals surface area contributed by atoms with Crippen molar-refractivity contribution in [3.8, 4) is 51.0 Å². The maximum Gasteiger partial charge on any atom is 0.164 e. The van der Waals surface area contributed by atoms with Gasteiger partial charge in [-0.05, 0) is 65.7 Å². The zero-order valence-corrected chi connectivity index (χ0v) is 31.2. The van der Waals surface area contributed by atoms with Crippen LogP contribution in [-0.4, -0.2) is 19.5 Å². The first kappa shape index (κ1) is 31.9. The average Bonchev–Trinajstić information content (AvgIpc) is 3.96. The second-order valence-corrected chi connectivity index (χ2v) is 15.4. The fourth-order valence-corrected chi connectivity index (χ4v) is 9.67. The predicted molar refractivity (Wildman–Crippen MR) is 236 cm³/mol. The number of hydrogen-bond acceptors (Lipinski definition) is 5. The quantitative estimate of drug-likeness (QED) is 0.176. The zero-order chi connectivity index (χ0) is 37.5. The van der Waals surface area contributed by atoms with Crippen molar-refractivity contribution in [1.29, 1.82) is 0 Å². The van der Waals surface area contributed by atoms with Crippen LogP contribution in [0.25, 0.3) is 115 Å². The molecule has 4 aromatic heterocycles. The van der Waals surface area contributed by atoms with E-state index in [2.05, 4.69) is 126 Å². The number of aromatic nitrogens is 4. The third kappa shape index (κ3) is 5.04. The fourth-order valence-electron chi connectivity index (χ4n) is 8.45. The standard InChI is InChI=1S/C51H30N4OS/c1-3-13-31(14-4-1)49-52-50(32-15-5-2-6-16-32)54-51(53-49)34-26-28-46-39(30-34)38-20-11-19-35(48(38)57-46)33-25-27-44-40(29-33)47-43(23-12-24-45(47)56-44)55-41-21-9-7-17-36(41)37-18-8-10-22-42(37)55/h1-30H. The fraction of sp³-hybridized carbons (Fsp3) is 0. The van der Waals surface area contributed by atoms with Crippen LogP contribution in [0.4, 0.5) is 0 Å². The van der Waals surface area contributed by atoms with E-state index in [0.717, 1.165) is 49.9 Å². The molecular formula is C51H30N4OS. The van der Waals surface area contributed by atoms with Crippen molar-refractivity contribution in [1.82, 2.24) is 19.5 Å². The summed E-state index contributed by atoms with van der Waals surface area (Å²) in [7, 11) is 0. The summed E-state index contributed by atoms with van der Waals surface area (Å²) < 4.78 is 11.4. The molecule has 0 aliphatic carbocycles. The molecule has 0 saturated heterocycles. The van der Waals surface area contributed by atoms with E-state index in [-0.39, 0.29) is 0 Å². The molecule has 12 rings (SSSR count). The highest BCUT2D eigenvalue weighted by atomic mass is 32.1. The molecule has 0 bridgehead atoms. The highest BCUT2D eigenvalue weighted by Crippen LogP contribution is 2.44. The molecular weight excluding hydrogens is 717 g/mol. The van der Waals surface area contributed by atoms with E-state index in [1.54, 1.807) is 0 Å². The summed E-state index contributed by atoms with van der Waals surface area (Å²) in [5.41, 5.74) is 10.4. The lowest BCUT2D eigenvalue weighted by molar-refractivity contribution is 0.669. The summed E-state index contributed by atoms with van der Waals surface area (Å²) in [4.78, 5) is 14.9. The molecule has 0 saturated carbocycles. The molecule has 8 aromatic carbocycles. The van der Waals surface area contributed by atoms with Crippen molar-refractivity contribution < 1.29 is 4.42 Å². The van der Waals surface area contributed by atoms with Crippen molar-refractivity contribution >= 4 is 75.3 Å².